The molecular formula is C19H30BN2O4. The van der Waals surface area contributed by atoms with Gasteiger partial charge in [0.05, 0.1) is 16.9 Å². The van der Waals surface area contributed by atoms with E-state index in [0.29, 0.717) is 17.0 Å². The molecule has 26 heavy (non-hydrogen) atoms. The van der Waals surface area contributed by atoms with Crippen molar-refractivity contribution in [2.24, 2.45) is 0 Å². The maximum absolute atomic E-state index is 12.0. The van der Waals surface area contributed by atoms with Crippen molar-refractivity contribution >= 4 is 30.4 Å². The zero-order chi connectivity index (χ0) is 20.3. The maximum atomic E-state index is 12.0. The molecule has 0 fully saturated rings. The molecule has 0 aliphatic heterocycles. The fourth-order valence-electron chi connectivity index (χ4n) is 1.83. The van der Waals surface area contributed by atoms with Gasteiger partial charge in [0, 0.05) is 11.3 Å². The van der Waals surface area contributed by atoms with Crippen LogP contribution in [0.2, 0.25) is 0 Å². The van der Waals surface area contributed by atoms with Crippen molar-refractivity contribution in [3.63, 3.8) is 0 Å². The van der Waals surface area contributed by atoms with E-state index in [1.807, 2.05) is 0 Å². The number of carbonyl (C=O) groups is 1. The van der Waals surface area contributed by atoms with Gasteiger partial charge in [0.1, 0.15) is 5.60 Å². The summed E-state index contributed by atoms with van der Waals surface area (Å²) in [4.78, 5) is 12.0. The van der Waals surface area contributed by atoms with Crippen molar-refractivity contribution in [2.45, 2.75) is 72.2 Å². The first-order valence-corrected chi connectivity index (χ1v) is 8.55. The Labute approximate surface area is 157 Å². The van der Waals surface area contributed by atoms with Gasteiger partial charge in [-0.2, -0.15) is 0 Å². The number of anilines is 1. The summed E-state index contributed by atoms with van der Waals surface area (Å²) in [5.41, 5.74) is -0.345. The molecule has 0 saturated heterocycles. The summed E-state index contributed by atoms with van der Waals surface area (Å²) in [5, 5.41) is 20.8. The van der Waals surface area contributed by atoms with Gasteiger partial charge in [-0.25, -0.2) is 4.79 Å². The van der Waals surface area contributed by atoms with Gasteiger partial charge in [-0.1, -0.05) is 17.6 Å². The summed E-state index contributed by atoms with van der Waals surface area (Å²) in [7, 11) is 1.54. The molecule has 0 aliphatic carbocycles. The number of hydrogen-bond donors (Lipinski definition) is 3. The monoisotopic (exact) mass is 361 g/mol. The lowest BCUT2D eigenvalue weighted by Crippen LogP contribution is -2.49. The highest BCUT2D eigenvalue weighted by Gasteiger charge is 2.35. The number of carbonyl (C=O) groups excluding carboxylic acids is 1. The highest BCUT2D eigenvalue weighted by atomic mass is 16.6. The molecule has 143 valence electrons. The van der Waals surface area contributed by atoms with Gasteiger partial charge in [-0.15, -0.1) is 0 Å². The fourth-order valence-corrected chi connectivity index (χ4v) is 1.83. The fraction of sp³-hybridized carbons (Fsp3) is 0.579. The number of hydrogen-bond acceptors (Lipinski definition) is 5. The van der Waals surface area contributed by atoms with E-state index in [1.54, 1.807) is 81.1 Å². The van der Waals surface area contributed by atoms with Crippen LogP contribution in [-0.2, 0) is 9.39 Å². The van der Waals surface area contributed by atoms with E-state index in [-0.39, 0.29) is 0 Å². The molecule has 0 bridgehead atoms. The van der Waals surface area contributed by atoms with E-state index < -0.39 is 22.9 Å². The third kappa shape index (κ3) is 6.46. The van der Waals surface area contributed by atoms with Crippen LogP contribution in [0.5, 0.6) is 0 Å². The largest absolute Gasteiger partial charge is 0.444 e. The normalized spacial score (nSPS) is 12.5. The molecule has 1 rings (SSSR count). The Bertz CT molecular complexity index is 673. The molecule has 0 heterocycles. The maximum Gasteiger partial charge on any atom is 0.412 e. The van der Waals surface area contributed by atoms with Crippen LogP contribution in [0, 0.1) is 5.41 Å². The topological polar surface area (TPSA) is 91.6 Å². The van der Waals surface area contributed by atoms with Crippen LogP contribution in [-0.4, -0.2) is 41.2 Å². The van der Waals surface area contributed by atoms with E-state index in [2.05, 4.69) is 5.32 Å². The summed E-state index contributed by atoms with van der Waals surface area (Å²) in [6.07, 6.45) is -0.573. The van der Waals surface area contributed by atoms with Gasteiger partial charge in [-0.3, -0.25) is 5.32 Å². The predicted octanol–water partition coefficient (Wildman–Crippen LogP) is 3.23. The Balaban J connectivity index is 2.96. The van der Waals surface area contributed by atoms with E-state index in [0.717, 1.165) is 5.46 Å². The number of rotatable bonds is 6. The Morgan fingerprint density at radius 3 is 2.19 bits per heavy atom. The van der Waals surface area contributed by atoms with E-state index in [1.165, 1.54) is 0 Å². The highest BCUT2D eigenvalue weighted by molar-refractivity contribution is 6.47. The van der Waals surface area contributed by atoms with Crippen molar-refractivity contribution in [3.05, 3.63) is 23.8 Å². The smallest absolute Gasteiger partial charge is 0.412 e. The molecule has 1 radical (unpaired) electrons. The van der Waals surface area contributed by atoms with E-state index in [4.69, 9.17) is 14.8 Å². The van der Waals surface area contributed by atoms with Crippen molar-refractivity contribution in [2.75, 3.05) is 5.32 Å². The summed E-state index contributed by atoms with van der Waals surface area (Å²) >= 11 is 0. The second kappa shape index (κ2) is 7.80. The molecule has 0 saturated carbocycles. The molecular weight excluding hydrogens is 331 g/mol. The van der Waals surface area contributed by atoms with Crippen LogP contribution in [0.1, 0.15) is 61.0 Å². The summed E-state index contributed by atoms with van der Waals surface area (Å²) in [6.45, 7) is 14.0. The average Bonchev–Trinajstić information content (AvgIpc) is 2.42. The third-order valence-electron chi connectivity index (χ3n) is 4.05. The minimum Gasteiger partial charge on any atom is -0.444 e. The second-order valence-electron chi connectivity index (χ2n) is 8.36. The number of amides is 1. The zero-order valence-electron chi connectivity index (χ0n) is 17.0. The van der Waals surface area contributed by atoms with Crippen LogP contribution in [0.4, 0.5) is 10.5 Å². The second-order valence-corrected chi connectivity index (χ2v) is 8.36. The van der Waals surface area contributed by atoms with Gasteiger partial charge in [0.15, 0.2) is 0 Å². The first-order chi connectivity index (χ1) is 11.6. The first-order valence-electron chi connectivity index (χ1n) is 8.55. The van der Waals surface area contributed by atoms with Crippen LogP contribution in [0.3, 0.4) is 0 Å². The molecule has 1 aromatic rings. The molecule has 0 aromatic heterocycles. The van der Waals surface area contributed by atoms with Gasteiger partial charge in [-0.05, 0) is 61.5 Å². The Morgan fingerprint density at radius 1 is 1.15 bits per heavy atom. The standard InChI is InChI=1S/C19H30BN2O4/c1-12(21)14-11-13(20-26-19(7,8)18(5,6)24)9-10-15(14)22-16(23)25-17(2,3)4/h9-11,21,24H,1-8H3,(H,22,23). The number of ether oxygens (including phenoxy) is 1. The van der Waals surface area contributed by atoms with Crippen LogP contribution >= 0.6 is 0 Å². The van der Waals surface area contributed by atoms with Crippen LogP contribution in [0.25, 0.3) is 0 Å². The Hall–Kier alpha value is -1.86. The number of benzene rings is 1. The summed E-state index contributed by atoms with van der Waals surface area (Å²) < 4.78 is 11.0. The molecule has 0 unspecified atom stereocenters. The molecule has 1 aromatic carbocycles. The summed E-state index contributed by atoms with van der Waals surface area (Å²) in [5.74, 6) is 0. The van der Waals surface area contributed by atoms with Gasteiger partial charge in [0.2, 0.25) is 0 Å². The first kappa shape index (κ1) is 22.2. The molecule has 0 spiro atoms. The molecule has 0 atom stereocenters. The Morgan fingerprint density at radius 2 is 1.73 bits per heavy atom. The minimum absolute atomic E-state index is 0.299. The lowest BCUT2D eigenvalue weighted by Gasteiger charge is -2.37. The highest BCUT2D eigenvalue weighted by Crippen LogP contribution is 2.24. The van der Waals surface area contributed by atoms with E-state index >= 15 is 0 Å². The molecule has 6 nitrogen and oxygen atoms in total. The quantitative estimate of drug-likeness (QED) is 0.536. The van der Waals surface area contributed by atoms with Crippen LogP contribution < -0.4 is 10.8 Å². The lowest BCUT2D eigenvalue weighted by atomic mass is 9.81. The van der Waals surface area contributed by atoms with Gasteiger partial charge < -0.3 is 19.9 Å². The van der Waals surface area contributed by atoms with E-state index in [9.17, 15) is 9.90 Å². The van der Waals surface area contributed by atoms with Gasteiger partial charge >= 0.3 is 13.6 Å². The SMILES string of the molecule is CC(=N)c1cc([B]OC(C)(C)C(C)(C)O)ccc1NC(=O)OC(C)(C)C. The predicted molar refractivity (Wildman–Crippen MR) is 106 cm³/mol. The average molecular weight is 361 g/mol. The van der Waals surface area contributed by atoms with Crippen molar-refractivity contribution < 1.29 is 19.3 Å². The number of aliphatic hydroxyl groups is 1. The third-order valence-corrected chi connectivity index (χ3v) is 4.05. The molecule has 1 amide bonds. The lowest BCUT2D eigenvalue weighted by molar-refractivity contribution is -0.0893. The molecule has 7 heteroatoms. The van der Waals surface area contributed by atoms with Crippen molar-refractivity contribution in [1.82, 2.24) is 0 Å². The molecule has 0 aliphatic rings. The van der Waals surface area contributed by atoms with Crippen molar-refractivity contribution in [1.29, 1.82) is 5.41 Å². The molecule has 3 N–H and O–H groups in total. The zero-order valence-corrected chi connectivity index (χ0v) is 17.0. The number of nitrogens with one attached hydrogen (secondary N) is 2. The minimum atomic E-state index is -1.03. The van der Waals surface area contributed by atoms with Gasteiger partial charge in [0.25, 0.3) is 0 Å². The Kier molecular flexibility index (Phi) is 6.66. The van der Waals surface area contributed by atoms with Crippen molar-refractivity contribution in [3.8, 4) is 0 Å². The summed E-state index contributed by atoms with van der Waals surface area (Å²) in [6, 6.07) is 5.21. The van der Waals surface area contributed by atoms with Crippen LogP contribution in [0.15, 0.2) is 18.2 Å².